The minimum Gasteiger partial charge on any atom is -0.378 e. The van der Waals surface area contributed by atoms with Crippen LogP contribution < -0.4 is 0 Å². The van der Waals surface area contributed by atoms with Crippen molar-refractivity contribution in [1.29, 1.82) is 0 Å². The van der Waals surface area contributed by atoms with E-state index in [4.69, 9.17) is 4.74 Å². The van der Waals surface area contributed by atoms with E-state index in [2.05, 4.69) is 0 Å². The number of piperazine rings is 1. The van der Waals surface area contributed by atoms with Crippen molar-refractivity contribution >= 4 is 15.9 Å². The van der Waals surface area contributed by atoms with Crippen LogP contribution >= 0.6 is 0 Å². The molecule has 0 bridgehead atoms. The summed E-state index contributed by atoms with van der Waals surface area (Å²) in [7, 11) is -3.95. The van der Waals surface area contributed by atoms with Gasteiger partial charge >= 0.3 is 6.18 Å². The van der Waals surface area contributed by atoms with Gasteiger partial charge in [-0.05, 0) is 29.8 Å². The topological polar surface area (TPSA) is 70.2 Å². The fourth-order valence-electron chi connectivity index (χ4n) is 4.27. The molecule has 1 atom stereocenters. The van der Waals surface area contributed by atoms with E-state index < -0.39 is 27.8 Å². The van der Waals surface area contributed by atoms with Crippen LogP contribution in [0.5, 0.6) is 0 Å². The number of hydrogen-bond acceptors (Lipinski definition) is 5. The van der Waals surface area contributed by atoms with Crippen LogP contribution in [-0.2, 0) is 25.7 Å². The number of carbonyl (C=O) groups excluding carboxylic acids is 1. The molecule has 0 saturated carbocycles. The Morgan fingerprint density at radius 1 is 0.853 bits per heavy atom. The number of rotatable bonds is 5. The monoisotopic (exact) mass is 497 g/mol. The first-order valence-electron chi connectivity index (χ1n) is 11.0. The highest BCUT2D eigenvalue weighted by Gasteiger charge is 2.37. The van der Waals surface area contributed by atoms with E-state index in [1.807, 2.05) is 35.2 Å². The predicted molar refractivity (Wildman–Crippen MR) is 118 cm³/mol. The lowest BCUT2D eigenvalue weighted by Crippen LogP contribution is -2.54. The lowest BCUT2D eigenvalue weighted by atomic mass is 10.0. The van der Waals surface area contributed by atoms with Gasteiger partial charge in [-0.1, -0.05) is 30.3 Å². The molecule has 0 spiro atoms. The first-order valence-corrected chi connectivity index (χ1v) is 12.4. The summed E-state index contributed by atoms with van der Waals surface area (Å²) >= 11 is 0. The third kappa shape index (κ3) is 5.27. The number of hydrogen-bond donors (Lipinski definition) is 0. The number of ether oxygens (including phenoxy) is 1. The zero-order valence-electron chi connectivity index (χ0n) is 18.4. The predicted octanol–water partition coefficient (Wildman–Crippen LogP) is 2.61. The summed E-state index contributed by atoms with van der Waals surface area (Å²) in [5.41, 5.74) is -0.0679. The number of alkyl halides is 3. The maximum Gasteiger partial charge on any atom is 0.416 e. The molecule has 1 amide bonds. The molecule has 11 heteroatoms. The minimum absolute atomic E-state index is 0.0476. The second kappa shape index (κ2) is 10.0. The van der Waals surface area contributed by atoms with E-state index >= 15 is 0 Å². The van der Waals surface area contributed by atoms with Crippen LogP contribution in [0.3, 0.4) is 0 Å². The van der Waals surface area contributed by atoms with Crippen molar-refractivity contribution in [2.75, 3.05) is 52.5 Å². The zero-order chi connectivity index (χ0) is 24.3. The van der Waals surface area contributed by atoms with Crippen molar-refractivity contribution in [3.8, 4) is 0 Å². The molecule has 1 unspecified atom stereocenters. The number of nitrogens with zero attached hydrogens (tertiary/aromatic N) is 3. The van der Waals surface area contributed by atoms with E-state index in [-0.39, 0.29) is 23.9 Å². The van der Waals surface area contributed by atoms with Gasteiger partial charge < -0.3 is 9.64 Å². The van der Waals surface area contributed by atoms with Crippen molar-refractivity contribution in [1.82, 2.24) is 14.1 Å². The van der Waals surface area contributed by atoms with Gasteiger partial charge in [-0.3, -0.25) is 9.69 Å². The van der Waals surface area contributed by atoms with Crippen molar-refractivity contribution in [3.05, 3.63) is 65.7 Å². The molecule has 34 heavy (non-hydrogen) atoms. The van der Waals surface area contributed by atoms with Gasteiger partial charge in [0.25, 0.3) is 0 Å². The molecule has 0 N–H and O–H groups in total. The van der Waals surface area contributed by atoms with Crippen LogP contribution in [0.25, 0.3) is 0 Å². The van der Waals surface area contributed by atoms with Crippen LogP contribution in [0.15, 0.2) is 59.5 Å². The molecular weight excluding hydrogens is 471 g/mol. The average Bonchev–Trinajstić information content (AvgIpc) is 2.85. The van der Waals surface area contributed by atoms with E-state index in [1.54, 1.807) is 4.90 Å². The van der Waals surface area contributed by atoms with E-state index in [0.29, 0.717) is 39.4 Å². The number of sulfonamides is 1. The Morgan fingerprint density at radius 3 is 2.00 bits per heavy atom. The molecule has 0 radical (unpaired) electrons. The molecular formula is C23H26F3N3O4S. The van der Waals surface area contributed by atoms with E-state index in [1.165, 1.54) is 4.31 Å². The van der Waals surface area contributed by atoms with Crippen LogP contribution in [0.2, 0.25) is 0 Å². The van der Waals surface area contributed by atoms with Crippen LogP contribution in [-0.4, -0.2) is 80.9 Å². The van der Waals surface area contributed by atoms with Crippen LogP contribution in [0.4, 0.5) is 13.2 Å². The average molecular weight is 498 g/mol. The van der Waals surface area contributed by atoms with Gasteiger partial charge in [-0.25, -0.2) is 8.42 Å². The van der Waals surface area contributed by atoms with E-state index in [0.717, 1.165) is 29.8 Å². The molecule has 0 aromatic heterocycles. The van der Waals surface area contributed by atoms with Gasteiger partial charge in [0.05, 0.1) is 23.7 Å². The third-order valence-corrected chi connectivity index (χ3v) is 8.04. The molecule has 2 aromatic rings. The molecule has 2 fully saturated rings. The second-order valence-corrected chi connectivity index (χ2v) is 10.2. The fourth-order valence-corrected chi connectivity index (χ4v) is 5.69. The Kier molecular flexibility index (Phi) is 7.27. The lowest BCUT2D eigenvalue weighted by molar-refractivity contribution is -0.142. The number of morpholine rings is 1. The summed E-state index contributed by atoms with van der Waals surface area (Å²) in [5.74, 6) is -0.0476. The molecule has 2 heterocycles. The zero-order valence-corrected chi connectivity index (χ0v) is 19.3. The number of amides is 1. The molecule has 0 aliphatic carbocycles. The van der Waals surface area contributed by atoms with Crippen molar-refractivity contribution < 1.29 is 31.1 Å². The standard InChI is InChI=1S/C23H26F3N3O4S/c24-23(25,26)19-6-8-20(9-7-19)34(31,32)29-12-10-27(11-13-29)21(18-4-2-1-3-5-18)22(30)28-14-16-33-17-15-28/h1-9,21H,10-17H2. The lowest BCUT2D eigenvalue weighted by Gasteiger charge is -2.40. The molecule has 2 saturated heterocycles. The van der Waals surface area contributed by atoms with Gasteiger partial charge in [0.2, 0.25) is 15.9 Å². The largest absolute Gasteiger partial charge is 0.416 e. The van der Waals surface area contributed by atoms with Gasteiger partial charge in [0.15, 0.2) is 0 Å². The van der Waals surface area contributed by atoms with Crippen LogP contribution in [0.1, 0.15) is 17.2 Å². The Balaban J connectivity index is 1.49. The van der Waals surface area contributed by atoms with Gasteiger partial charge in [-0.2, -0.15) is 17.5 Å². The molecule has 184 valence electrons. The van der Waals surface area contributed by atoms with Crippen molar-refractivity contribution in [2.45, 2.75) is 17.1 Å². The fraction of sp³-hybridized carbons (Fsp3) is 0.435. The Bertz CT molecular complexity index is 1080. The van der Waals surface area contributed by atoms with Crippen LogP contribution in [0, 0.1) is 0 Å². The normalized spacial score (nSPS) is 19.7. The van der Waals surface area contributed by atoms with Gasteiger partial charge in [0.1, 0.15) is 6.04 Å². The summed E-state index contributed by atoms with van der Waals surface area (Å²) in [6.45, 7) is 2.85. The van der Waals surface area contributed by atoms with Crippen molar-refractivity contribution in [3.63, 3.8) is 0 Å². The third-order valence-electron chi connectivity index (χ3n) is 6.13. The Morgan fingerprint density at radius 2 is 1.44 bits per heavy atom. The first-order chi connectivity index (χ1) is 16.2. The number of carbonyl (C=O) groups is 1. The first kappa shape index (κ1) is 24.6. The minimum atomic E-state index is -4.53. The Labute approximate surface area is 196 Å². The summed E-state index contributed by atoms with van der Waals surface area (Å²) in [5, 5.41) is 0. The maximum absolute atomic E-state index is 13.4. The molecule has 2 aliphatic rings. The second-order valence-electron chi connectivity index (χ2n) is 8.21. The highest BCUT2D eigenvalue weighted by atomic mass is 32.2. The summed E-state index contributed by atoms with van der Waals surface area (Å²) in [4.78, 5) is 17.0. The summed E-state index contributed by atoms with van der Waals surface area (Å²) in [6, 6.07) is 12.3. The highest BCUT2D eigenvalue weighted by Crippen LogP contribution is 2.31. The van der Waals surface area contributed by atoms with Gasteiger partial charge in [0, 0.05) is 39.3 Å². The maximum atomic E-state index is 13.4. The molecule has 2 aliphatic heterocycles. The summed E-state index contributed by atoms with van der Waals surface area (Å²) < 4.78 is 71.1. The highest BCUT2D eigenvalue weighted by molar-refractivity contribution is 7.89. The number of benzene rings is 2. The molecule has 7 nitrogen and oxygen atoms in total. The van der Waals surface area contributed by atoms with E-state index in [9.17, 15) is 26.4 Å². The Hall–Kier alpha value is -2.47. The SMILES string of the molecule is O=C(C(c1ccccc1)N1CCN(S(=O)(=O)c2ccc(C(F)(F)F)cc2)CC1)N1CCOCC1. The molecule has 2 aromatic carbocycles. The summed E-state index contributed by atoms with van der Waals surface area (Å²) in [6.07, 6.45) is -4.53. The van der Waals surface area contributed by atoms with Crippen molar-refractivity contribution in [2.24, 2.45) is 0 Å². The molecule has 4 rings (SSSR count). The number of halogens is 3. The smallest absolute Gasteiger partial charge is 0.378 e. The quantitative estimate of drug-likeness (QED) is 0.635. The van der Waals surface area contributed by atoms with Gasteiger partial charge in [-0.15, -0.1) is 0 Å².